The molecule has 8 heteroatoms. The van der Waals surface area contributed by atoms with Crippen LogP contribution in [0.25, 0.3) is 5.69 Å². The average molecular weight is 268 g/mol. The summed E-state index contributed by atoms with van der Waals surface area (Å²) in [7, 11) is 0. The fraction of sp³-hybridized carbons (Fsp3) is 0. The van der Waals surface area contributed by atoms with Gasteiger partial charge in [-0.25, -0.2) is 14.3 Å². The van der Waals surface area contributed by atoms with Gasteiger partial charge in [-0.3, -0.25) is 0 Å². The Morgan fingerprint density at radius 2 is 1.94 bits per heavy atom. The van der Waals surface area contributed by atoms with Crippen molar-refractivity contribution in [1.82, 2.24) is 15.0 Å². The number of hydrogen-bond acceptors (Lipinski definition) is 4. The monoisotopic (exact) mass is 267 g/mol. The van der Waals surface area contributed by atoms with E-state index < -0.39 is 11.9 Å². The number of benzene rings is 1. The number of carbonyl (C=O) groups is 2. The summed E-state index contributed by atoms with van der Waals surface area (Å²) in [5.41, 5.74) is -0.183. The molecule has 1 aromatic heterocycles. The van der Waals surface area contributed by atoms with Crippen molar-refractivity contribution in [2.24, 2.45) is 0 Å². The SMILES string of the molecule is O=C(O)c1cn(-c2ccc(Cl)cc2C(=O)O)nn1. The lowest BCUT2D eigenvalue weighted by molar-refractivity contribution is 0.0683. The number of hydrogen-bond donors (Lipinski definition) is 2. The van der Waals surface area contributed by atoms with Gasteiger partial charge in [-0.2, -0.15) is 0 Å². The van der Waals surface area contributed by atoms with Crippen LogP contribution in [0.5, 0.6) is 0 Å². The Morgan fingerprint density at radius 3 is 2.50 bits per heavy atom. The van der Waals surface area contributed by atoms with Crippen LogP contribution in [0.1, 0.15) is 20.8 Å². The molecule has 2 aromatic rings. The molecule has 1 aromatic carbocycles. The predicted octanol–water partition coefficient (Wildman–Crippen LogP) is 1.32. The fourth-order valence-electron chi connectivity index (χ4n) is 1.36. The van der Waals surface area contributed by atoms with Crippen molar-refractivity contribution in [2.45, 2.75) is 0 Å². The summed E-state index contributed by atoms with van der Waals surface area (Å²) in [5, 5.41) is 25.0. The van der Waals surface area contributed by atoms with Gasteiger partial charge in [-0.1, -0.05) is 16.8 Å². The van der Waals surface area contributed by atoms with Crippen molar-refractivity contribution in [3.8, 4) is 5.69 Å². The summed E-state index contributed by atoms with van der Waals surface area (Å²) in [6.45, 7) is 0. The molecule has 18 heavy (non-hydrogen) atoms. The Kier molecular flexibility index (Phi) is 2.99. The Bertz CT molecular complexity index is 638. The minimum absolute atomic E-state index is 0.0932. The maximum absolute atomic E-state index is 11.1. The topological polar surface area (TPSA) is 105 Å². The van der Waals surface area contributed by atoms with Crippen LogP contribution in [-0.2, 0) is 0 Å². The molecule has 7 nitrogen and oxygen atoms in total. The van der Waals surface area contributed by atoms with Crippen molar-refractivity contribution < 1.29 is 19.8 Å². The third-order valence-corrected chi connectivity index (χ3v) is 2.38. The number of carboxylic acids is 2. The smallest absolute Gasteiger partial charge is 0.358 e. The summed E-state index contributed by atoms with van der Waals surface area (Å²) >= 11 is 5.70. The first-order valence-electron chi connectivity index (χ1n) is 4.68. The summed E-state index contributed by atoms with van der Waals surface area (Å²) in [5.74, 6) is -2.44. The van der Waals surface area contributed by atoms with Crippen LogP contribution in [0, 0.1) is 0 Å². The minimum atomic E-state index is -1.24. The molecule has 2 N–H and O–H groups in total. The first kappa shape index (κ1) is 12.1. The van der Waals surface area contributed by atoms with E-state index in [2.05, 4.69) is 10.3 Å². The van der Waals surface area contributed by atoms with Gasteiger partial charge in [-0.15, -0.1) is 5.10 Å². The number of halogens is 1. The van der Waals surface area contributed by atoms with Gasteiger partial charge in [0.05, 0.1) is 17.4 Å². The summed E-state index contributed by atoms with van der Waals surface area (Å²) in [6, 6.07) is 4.15. The molecule has 0 aliphatic rings. The Hall–Kier alpha value is -2.41. The largest absolute Gasteiger partial charge is 0.478 e. The lowest BCUT2D eigenvalue weighted by Crippen LogP contribution is -2.06. The zero-order valence-electron chi connectivity index (χ0n) is 8.74. The van der Waals surface area contributed by atoms with Crippen LogP contribution >= 0.6 is 11.6 Å². The Balaban J connectivity index is 2.55. The molecular weight excluding hydrogens is 262 g/mol. The molecule has 0 amide bonds. The van der Waals surface area contributed by atoms with E-state index in [-0.39, 0.29) is 22.0 Å². The van der Waals surface area contributed by atoms with Crippen LogP contribution in [0.2, 0.25) is 5.02 Å². The molecule has 0 bridgehead atoms. The predicted molar refractivity (Wildman–Crippen MR) is 60.3 cm³/mol. The lowest BCUT2D eigenvalue weighted by atomic mass is 10.2. The second-order valence-corrected chi connectivity index (χ2v) is 3.76. The first-order valence-corrected chi connectivity index (χ1v) is 5.05. The molecule has 0 unspecified atom stereocenters. The van der Waals surface area contributed by atoms with Crippen LogP contribution in [0.4, 0.5) is 0 Å². The molecule has 0 saturated heterocycles. The van der Waals surface area contributed by atoms with Crippen LogP contribution < -0.4 is 0 Å². The number of rotatable bonds is 3. The van der Waals surface area contributed by atoms with Crippen LogP contribution in [0.15, 0.2) is 24.4 Å². The van der Waals surface area contributed by atoms with E-state index in [1.54, 1.807) is 0 Å². The first-order chi connectivity index (χ1) is 8.49. The molecule has 0 saturated carbocycles. The van der Waals surface area contributed by atoms with Gasteiger partial charge < -0.3 is 10.2 Å². The second-order valence-electron chi connectivity index (χ2n) is 3.32. The molecule has 92 valence electrons. The summed E-state index contributed by atoms with van der Waals surface area (Å²) in [6.07, 6.45) is 1.12. The number of aromatic carboxylic acids is 2. The Labute approximate surface area is 105 Å². The molecule has 0 spiro atoms. The van der Waals surface area contributed by atoms with Crippen molar-refractivity contribution in [1.29, 1.82) is 0 Å². The van der Waals surface area contributed by atoms with Crippen molar-refractivity contribution >= 4 is 23.5 Å². The second kappa shape index (κ2) is 4.46. The Morgan fingerprint density at radius 1 is 1.22 bits per heavy atom. The zero-order chi connectivity index (χ0) is 13.3. The fourth-order valence-corrected chi connectivity index (χ4v) is 1.53. The van der Waals surface area contributed by atoms with E-state index >= 15 is 0 Å². The van der Waals surface area contributed by atoms with E-state index in [0.717, 1.165) is 10.9 Å². The van der Waals surface area contributed by atoms with Gasteiger partial charge in [0, 0.05) is 5.02 Å². The number of nitrogens with zero attached hydrogens (tertiary/aromatic N) is 3. The maximum atomic E-state index is 11.1. The van der Waals surface area contributed by atoms with Gasteiger partial charge >= 0.3 is 11.9 Å². The molecule has 0 atom stereocenters. The molecular formula is C10H6ClN3O4. The van der Waals surface area contributed by atoms with E-state index in [1.807, 2.05) is 0 Å². The highest BCUT2D eigenvalue weighted by molar-refractivity contribution is 6.31. The molecule has 0 fully saturated rings. The van der Waals surface area contributed by atoms with Gasteiger partial charge in [0.15, 0.2) is 5.69 Å². The van der Waals surface area contributed by atoms with Crippen molar-refractivity contribution in [2.75, 3.05) is 0 Å². The number of aromatic nitrogens is 3. The van der Waals surface area contributed by atoms with E-state index in [9.17, 15) is 9.59 Å². The molecule has 2 rings (SSSR count). The van der Waals surface area contributed by atoms with Crippen LogP contribution in [-0.4, -0.2) is 37.1 Å². The third-order valence-electron chi connectivity index (χ3n) is 2.15. The summed E-state index contributed by atoms with van der Waals surface area (Å²) < 4.78 is 1.07. The molecule has 0 aliphatic heterocycles. The standard InChI is InChI=1S/C10H6ClN3O4/c11-5-1-2-8(6(3-5)9(15)16)14-4-7(10(17)18)12-13-14/h1-4H,(H,15,16)(H,17,18). The molecule has 0 aliphatic carbocycles. The highest BCUT2D eigenvalue weighted by Crippen LogP contribution is 2.19. The highest BCUT2D eigenvalue weighted by atomic mass is 35.5. The maximum Gasteiger partial charge on any atom is 0.358 e. The highest BCUT2D eigenvalue weighted by Gasteiger charge is 2.15. The summed E-state index contributed by atoms with van der Waals surface area (Å²) in [4.78, 5) is 21.7. The average Bonchev–Trinajstić information content (AvgIpc) is 2.78. The van der Waals surface area contributed by atoms with Crippen molar-refractivity contribution in [3.63, 3.8) is 0 Å². The number of carboxylic acid groups (broad SMARTS) is 2. The van der Waals surface area contributed by atoms with E-state index in [4.69, 9.17) is 21.8 Å². The van der Waals surface area contributed by atoms with Gasteiger partial charge in [0.25, 0.3) is 0 Å². The quantitative estimate of drug-likeness (QED) is 0.869. The van der Waals surface area contributed by atoms with Gasteiger partial charge in [-0.05, 0) is 18.2 Å². The van der Waals surface area contributed by atoms with E-state index in [0.29, 0.717) is 0 Å². The van der Waals surface area contributed by atoms with E-state index in [1.165, 1.54) is 18.2 Å². The molecule has 1 heterocycles. The zero-order valence-corrected chi connectivity index (χ0v) is 9.50. The molecule has 0 radical (unpaired) electrons. The van der Waals surface area contributed by atoms with Crippen LogP contribution in [0.3, 0.4) is 0 Å². The van der Waals surface area contributed by atoms with Gasteiger partial charge in [0.2, 0.25) is 0 Å². The third kappa shape index (κ3) is 2.16. The minimum Gasteiger partial charge on any atom is -0.478 e. The lowest BCUT2D eigenvalue weighted by Gasteiger charge is -2.05. The normalized spacial score (nSPS) is 10.3. The van der Waals surface area contributed by atoms with Crippen molar-refractivity contribution in [3.05, 3.63) is 40.7 Å². The van der Waals surface area contributed by atoms with Gasteiger partial charge in [0.1, 0.15) is 0 Å².